The van der Waals surface area contributed by atoms with Gasteiger partial charge in [-0.2, -0.15) is 0 Å². The number of nitrogens with zero attached hydrogens (tertiary/aromatic N) is 1. The molecule has 0 saturated heterocycles. The maximum atomic E-state index is 12.3. The van der Waals surface area contributed by atoms with Crippen LogP contribution in [0.25, 0.3) is 0 Å². The van der Waals surface area contributed by atoms with Crippen molar-refractivity contribution < 1.29 is 14.3 Å². The van der Waals surface area contributed by atoms with E-state index in [4.69, 9.17) is 0 Å². The van der Waals surface area contributed by atoms with Crippen LogP contribution in [0.1, 0.15) is 33.1 Å². The number of anilines is 1. The third-order valence-electron chi connectivity index (χ3n) is 3.53. The van der Waals surface area contributed by atoms with E-state index in [0.717, 1.165) is 18.7 Å². The number of methoxy groups -OCH3 is 1. The van der Waals surface area contributed by atoms with E-state index in [1.165, 1.54) is 7.11 Å². The van der Waals surface area contributed by atoms with Crippen molar-refractivity contribution >= 4 is 17.6 Å². The summed E-state index contributed by atoms with van der Waals surface area (Å²) in [7, 11) is 1.39. The summed E-state index contributed by atoms with van der Waals surface area (Å²) in [5.41, 5.74) is 0.797. The molecule has 1 rings (SSSR count). The van der Waals surface area contributed by atoms with Gasteiger partial charge in [0.25, 0.3) is 0 Å². The van der Waals surface area contributed by atoms with Gasteiger partial charge in [0.05, 0.1) is 13.2 Å². The fraction of sp³-hybridized carbons (Fsp3) is 0.529. The van der Waals surface area contributed by atoms with Crippen molar-refractivity contribution in [2.75, 3.05) is 25.5 Å². The Morgan fingerprint density at radius 3 is 2.50 bits per heavy atom. The lowest BCUT2D eigenvalue weighted by atomic mass is 10.2. The van der Waals surface area contributed by atoms with Crippen LogP contribution in [-0.4, -0.2) is 43.0 Å². The SMILES string of the molecule is CCCN(CCCC(=O)OC)C(C)C(=O)Nc1ccccc1. The molecule has 5 nitrogen and oxygen atoms in total. The molecule has 22 heavy (non-hydrogen) atoms. The molecule has 1 atom stereocenters. The molecule has 5 heteroatoms. The summed E-state index contributed by atoms with van der Waals surface area (Å²) < 4.78 is 4.64. The number of nitrogens with one attached hydrogen (secondary N) is 1. The average Bonchev–Trinajstić information content (AvgIpc) is 2.54. The number of hydrogen-bond acceptors (Lipinski definition) is 4. The molecule has 1 N–H and O–H groups in total. The first-order valence-corrected chi connectivity index (χ1v) is 7.75. The standard InChI is InChI=1S/C17H26N2O3/c1-4-12-19(13-8-11-16(20)22-3)14(2)17(21)18-15-9-6-5-7-10-15/h5-7,9-10,14H,4,8,11-13H2,1-3H3,(H,18,21). The minimum Gasteiger partial charge on any atom is -0.469 e. The molecule has 122 valence electrons. The first-order valence-electron chi connectivity index (χ1n) is 7.75. The zero-order valence-corrected chi connectivity index (χ0v) is 13.7. The molecule has 0 heterocycles. The van der Waals surface area contributed by atoms with Gasteiger partial charge in [0.1, 0.15) is 0 Å². The minimum atomic E-state index is -0.238. The van der Waals surface area contributed by atoms with Crippen LogP contribution in [0.2, 0.25) is 0 Å². The van der Waals surface area contributed by atoms with Crippen molar-refractivity contribution in [1.82, 2.24) is 4.90 Å². The van der Waals surface area contributed by atoms with Crippen LogP contribution in [0, 0.1) is 0 Å². The number of amides is 1. The van der Waals surface area contributed by atoms with E-state index in [2.05, 4.69) is 21.9 Å². The lowest BCUT2D eigenvalue weighted by Crippen LogP contribution is -2.43. The van der Waals surface area contributed by atoms with E-state index >= 15 is 0 Å². The summed E-state index contributed by atoms with van der Waals surface area (Å²) in [6.45, 7) is 5.50. The fourth-order valence-corrected chi connectivity index (χ4v) is 2.25. The number of carbonyl (C=O) groups excluding carboxylic acids is 2. The largest absolute Gasteiger partial charge is 0.469 e. The van der Waals surface area contributed by atoms with Gasteiger partial charge in [0, 0.05) is 12.1 Å². The Morgan fingerprint density at radius 1 is 1.23 bits per heavy atom. The van der Waals surface area contributed by atoms with Crippen molar-refractivity contribution in [2.24, 2.45) is 0 Å². The summed E-state index contributed by atoms with van der Waals surface area (Å²) >= 11 is 0. The van der Waals surface area contributed by atoms with Gasteiger partial charge in [-0.3, -0.25) is 14.5 Å². The van der Waals surface area contributed by atoms with E-state index in [1.807, 2.05) is 37.3 Å². The first-order chi connectivity index (χ1) is 10.6. The van der Waals surface area contributed by atoms with Gasteiger partial charge in [0.2, 0.25) is 5.91 Å². The molecule has 1 unspecified atom stereocenters. The van der Waals surface area contributed by atoms with Gasteiger partial charge >= 0.3 is 5.97 Å². The zero-order valence-electron chi connectivity index (χ0n) is 13.7. The second-order valence-electron chi connectivity index (χ2n) is 5.25. The van der Waals surface area contributed by atoms with Crippen molar-refractivity contribution in [3.05, 3.63) is 30.3 Å². The Kier molecular flexibility index (Phi) is 8.22. The molecule has 0 saturated carbocycles. The molecule has 1 amide bonds. The van der Waals surface area contributed by atoms with Crippen LogP contribution in [-0.2, 0) is 14.3 Å². The molecule has 0 spiro atoms. The summed E-state index contributed by atoms with van der Waals surface area (Å²) in [6.07, 6.45) is 2.03. The van der Waals surface area contributed by atoms with Gasteiger partial charge in [-0.1, -0.05) is 25.1 Å². The number of rotatable bonds is 9. The Balaban J connectivity index is 2.53. The van der Waals surface area contributed by atoms with E-state index in [1.54, 1.807) is 0 Å². The van der Waals surface area contributed by atoms with Gasteiger partial charge in [-0.15, -0.1) is 0 Å². The lowest BCUT2D eigenvalue weighted by molar-refractivity contribution is -0.140. The topological polar surface area (TPSA) is 58.6 Å². The molecule has 0 bridgehead atoms. The van der Waals surface area contributed by atoms with E-state index in [-0.39, 0.29) is 17.9 Å². The van der Waals surface area contributed by atoms with Crippen LogP contribution in [0.5, 0.6) is 0 Å². The first kappa shape index (κ1) is 18.2. The van der Waals surface area contributed by atoms with Gasteiger partial charge in [-0.25, -0.2) is 0 Å². The van der Waals surface area contributed by atoms with Crippen molar-refractivity contribution in [3.63, 3.8) is 0 Å². The highest BCUT2D eigenvalue weighted by Crippen LogP contribution is 2.10. The highest BCUT2D eigenvalue weighted by Gasteiger charge is 2.20. The molecule has 0 radical (unpaired) electrons. The van der Waals surface area contributed by atoms with Crippen LogP contribution in [0.15, 0.2) is 30.3 Å². The fourth-order valence-electron chi connectivity index (χ4n) is 2.25. The summed E-state index contributed by atoms with van der Waals surface area (Å²) in [6, 6.07) is 9.19. The third kappa shape index (κ3) is 6.26. The van der Waals surface area contributed by atoms with Gasteiger partial charge in [0.15, 0.2) is 0 Å². The number of benzene rings is 1. The Hall–Kier alpha value is -1.88. The average molecular weight is 306 g/mol. The highest BCUT2D eigenvalue weighted by molar-refractivity contribution is 5.94. The monoisotopic (exact) mass is 306 g/mol. The van der Waals surface area contributed by atoms with Crippen LogP contribution < -0.4 is 5.32 Å². The number of esters is 1. The summed E-state index contributed by atoms with van der Waals surface area (Å²) in [5.74, 6) is -0.240. The number of ether oxygens (including phenoxy) is 1. The molecule has 0 aliphatic heterocycles. The van der Waals surface area contributed by atoms with Crippen molar-refractivity contribution in [3.8, 4) is 0 Å². The second kappa shape index (κ2) is 9.95. The van der Waals surface area contributed by atoms with Crippen molar-refractivity contribution in [1.29, 1.82) is 0 Å². The maximum Gasteiger partial charge on any atom is 0.305 e. The molecule has 0 aliphatic rings. The zero-order chi connectivity index (χ0) is 16.4. The molecular formula is C17H26N2O3. The van der Waals surface area contributed by atoms with E-state index in [0.29, 0.717) is 19.4 Å². The van der Waals surface area contributed by atoms with Crippen LogP contribution in [0.4, 0.5) is 5.69 Å². The summed E-state index contributed by atoms with van der Waals surface area (Å²) in [4.78, 5) is 25.6. The Bertz CT molecular complexity index is 462. The normalized spacial score (nSPS) is 12.0. The molecule has 1 aromatic carbocycles. The van der Waals surface area contributed by atoms with Gasteiger partial charge in [-0.05, 0) is 45.0 Å². The summed E-state index contributed by atoms with van der Waals surface area (Å²) in [5, 5.41) is 2.92. The lowest BCUT2D eigenvalue weighted by Gasteiger charge is -2.27. The van der Waals surface area contributed by atoms with Gasteiger partial charge < -0.3 is 10.1 Å². The molecule has 0 fully saturated rings. The molecular weight excluding hydrogens is 280 g/mol. The van der Waals surface area contributed by atoms with E-state index < -0.39 is 0 Å². The number of hydrogen-bond donors (Lipinski definition) is 1. The quantitative estimate of drug-likeness (QED) is 0.713. The molecule has 1 aromatic rings. The molecule has 0 aromatic heterocycles. The predicted octanol–water partition coefficient (Wildman–Crippen LogP) is 2.68. The smallest absolute Gasteiger partial charge is 0.305 e. The second-order valence-corrected chi connectivity index (χ2v) is 5.25. The van der Waals surface area contributed by atoms with Crippen LogP contribution >= 0.6 is 0 Å². The molecule has 0 aliphatic carbocycles. The Labute approximate surface area is 132 Å². The van der Waals surface area contributed by atoms with Crippen molar-refractivity contribution in [2.45, 2.75) is 39.2 Å². The number of carbonyl (C=O) groups is 2. The van der Waals surface area contributed by atoms with Crippen LogP contribution in [0.3, 0.4) is 0 Å². The number of para-hydroxylation sites is 1. The van der Waals surface area contributed by atoms with E-state index in [9.17, 15) is 9.59 Å². The maximum absolute atomic E-state index is 12.3. The predicted molar refractivity (Wildman–Crippen MR) is 87.6 cm³/mol. The third-order valence-corrected chi connectivity index (χ3v) is 3.53. The Morgan fingerprint density at radius 2 is 1.91 bits per heavy atom. The highest BCUT2D eigenvalue weighted by atomic mass is 16.5. The minimum absolute atomic E-state index is 0.0299.